The molecule has 4 aromatic rings. The summed E-state index contributed by atoms with van der Waals surface area (Å²) in [5, 5.41) is 7.15. The SMILES string of the molecule is COc1ccc2nc3cc(Cl)ccc3c(NCCCN3C(=O)CCSC3c3c(Cl)cccc3Cl)c2c1. The lowest BCUT2D eigenvalue weighted by molar-refractivity contribution is -0.132. The molecular formula is C27H24Cl3N3O2S. The Labute approximate surface area is 229 Å². The normalized spacial score (nSPS) is 16.1. The van der Waals surface area contributed by atoms with Crippen LogP contribution in [-0.4, -0.2) is 41.7 Å². The average Bonchev–Trinajstić information content (AvgIpc) is 2.86. The van der Waals surface area contributed by atoms with Gasteiger partial charge in [-0.05, 0) is 55.0 Å². The number of thioether (sulfide) groups is 1. The molecule has 5 nitrogen and oxygen atoms in total. The van der Waals surface area contributed by atoms with E-state index in [0.717, 1.165) is 51.0 Å². The van der Waals surface area contributed by atoms with E-state index in [0.29, 0.717) is 34.6 Å². The number of nitrogens with zero attached hydrogens (tertiary/aromatic N) is 2. The van der Waals surface area contributed by atoms with Gasteiger partial charge in [0.05, 0.1) is 23.8 Å². The van der Waals surface area contributed by atoms with Gasteiger partial charge in [0.1, 0.15) is 11.1 Å². The predicted octanol–water partition coefficient (Wildman–Crippen LogP) is 7.82. The fraction of sp³-hybridized carbons (Fsp3) is 0.259. The molecule has 9 heteroatoms. The Hall–Kier alpha value is -2.38. The highest BCUT2D eigenvalue weighted by Gasteiger charge is 2.32. The number of nitrogens with one attached hydrogen (secondary N) is 1. The van der Waals surface area contributed by atoms with Crippen LogP contribution in [0.1, 0.15) is 23.8 Å². The lowest BCUT2D eigenvalue weighted by Gasteiger charge is -2.36. The highest BCUT2D eigenvalue weighted by Crippen LogP contribution is 2.43. The number of aromatic nitrogens is 1. The fourth-order valence-electron chi connectivity index (χ4n) is 4.53. The summed E-state index contributed by atoms with van der Waals surface area (Å²) < 4.78 is 5.45. The molecule has 0 radical (unpaired) electrons. The highest BCUT2D eigenvalue weighted by atomic mass is 35.5. The molecule has 0 bridgehead atoms. The maximum absolute atomic E-state index is 12.9. The first-order chi connectivity index (χ1) is 17.5. The Kier molecular flexibility index (Phi) is 7.68. The van der Waals surface area contributed by atoms with Crippen molar-refractivity contribution >= 4 is 80.0 Å². The topological polar surface area (TPSA) is 54.5 Å². The van der Waals surface area contributed by atoms with Crippen LogP contribution in [0.25, 0.3) is 21.8 Å². The fourth-order valence-corrected chi connectivity index (χ4v) is 6.77. The maximum atomic E-state index is 12.9. The van der Waals surface area contributed by atoms with Gasteiger partial charge >= 0.3 is 0 Å². The van der Waals surface area contributed by atoms with Gasteiger partial charge in [0.25, 0.3) is 0 Å². The van der Waals surface area contributed by atoms with E-state index in [4.69, 9.17) is 44.5 Å². The molecule has 1 aliphatic rings. The number of benzene rings is 3. The maximum Gasteiger partial charge on any atom is 0.224 e. The first kappa shape index (κ1) is 25.3. The number of fused-ring (bicyclic) bond motifs is 2. The van der Waals surface area contributed by atoms with Crippen LogP contribution in [0.2, 0.25) is 15.1 Å². The van der Waals surface area contributed by atoms with Crippen LogP contribution in [0, 0.1) is 0 Å². The minimum atomic E-state index is -0.193. The zero-order valence-corrected chi connectivity index (χ0v) is 22.6. The Balaban J connectivity index is 1.39. The van der Waals surface area contributed by atoms with Crippen LogP contribution in [0.4, 0.5) is 5.69 Å². The van der Waals surface area contributed by atoms with Crippen LogP contribution >= 0.6 is 46.6 Å². The quantitative estimate of drug-likeness (QED) is 0.184. The molecule has 1 aromatic heterocycles. The van der Waals surface area contributed by atoms with Crippen molar-refractivity contribution in [3.63, 3.8) is 0 Å². The van der Waals surface area contributed by atoms with Crippen molar-refractivity contribution in [2.24, 2.45) is 0 Å². The second kappa shape index (κ2) is 10.9. The third-order valence-electron chi connectivity index (χ3n) is 6.26. The summed E-state index contributed by atoms with van der Waals surface area (Å²) in [6, 6.07) is 17.0. The van der Waals surface area contributed by atoms with E-state index >= 15 is 0 Å². The lowest BCUT2D eigenvalue weighted by atomic mass is 10.1. The summed E-state index contributed by atoms with van der Waals surface area (Å²) in [4.78, 5) is 19.6. The molecule has 1 amide bonds. The molecule has 0 aliphatic carbocycles. The summed E-state index contributed by atoms with van der Waals surface area (Å²) in [5.41, 5.74) is 3.44. The number of amides is 1. The van der Waals surface area contributed by atoms with E-state index in [1.807, 2.05) is 59.5 Å². The van der Waals surface area contributed by atoms with Crippen molar-refractivity contribution in [2.45, 2.75) is 18.2 Å². The van der Waals surface area contributed by atoms with Crippen LogP contribution in [0.15, 0.2) is 54.6 Å². The van der Waals surface area contributed by atoms with Gasteiger partial charge in [-0.15, -0.1) is 11.8 Å². The molecule has 1 N–H and O–H groups in total. The van der Waals surface area contributed by atoms with E-state index in [2.05, 4.69) is 5.32 Å². The molecular weight excluding hydrogens is 537 g/mol. The molecule has 1 atom stereocenters. The summed E-state index contributed by atoms with van der Waals surface area (Å²) in [7, 11) is 1.65. The number of rotatable bonds is 7. The van der Waals surface area contributed by atoms with Crippen molar-refractivity contribution < 1.29 is 9.53 Å². The molecule has 0 spiro atoms. The molecule has 0 saturated carbocycles. The van der Waals surface area contributed by atoms with Gasteiger partial charge in [0, 0.05) is 56.7 Å². The molecule has 186 valence electrons. The predicted molar refractivity (Wildman–Crippen MR) is 152 cm³/mol. The summed E-state index contributed by atoms with van der Waals surface area (Å²) >= 11 is 20.9. The molecule has 36 heavy (non-hydrogen) atoms. The second-order valence-electron chi connectivity index (χ2n) is 8.51. The van der Waals surface area contributed by atoms with Gasteiger partial charge in [0.2, 0.25) is 5.91 Å². The molecule has 1 aliphatic heterocycles. The van der Waals surface area contributed by atoms with Crippen LogP contribution in [-0.2, 0) is 4.79 Å². The first-order valence-corrected chi connectivity index (χ1v) is 13.8. The van der Waals surface area contributed by atoms with Crippen LogP contribution < -0.4 is 10.1 Å². The third kappa shape index (κ3) is 5.05. The average molecular weight is 561 g/mol. The van der Waals surface area contributed by atoms with Crippen molar-refractivity contribution in [3.05, 3.63) is 75.2 Å². The van der Waals surface area contributed by atoms with Crippen molar-refractivity contribution in [1.82, 2.24) is 9.88 Å². The molecule has 1 saturated heterocycles. The Morgan fingerprint density at radius 2 is 1.86 bits per heavy atom. The number of methoxy groups -OCH3 is 1. The van der Waals surface area contributed by atoms with Gasteiger partial charge in [-0.1, -0.05) is 40.9 Å². The highest BCUT2D eigenvalue weighted by molar-refractivity contribution is 7.99. The standard InChI is InChI=1S/C27H24Cl3N3O2S/c1-35-17-7-9-22-19(15-17)26(18-8-6-16(28)14-23(18)32-22)31-11-3-12-33-24(34)10-13-36-27(33)25-20(29)4-2-5-21(25)30/h2,4-9,14-15,27H,3,10-13H2,1H3,(H,31,32). The Bertz CT molecular complexity index is 1430. The number of anilines is 1. The van der Waals surface area contributed by atoms with Crippen LogP contribution in [0.3, 0.4) is 0 Å². The summed E-state index contributed by atoms with van der Waals surface area (Å²) in [6.45, 7) is 1.24. The number of hydrogen-bond acceptors (Lipinski definition) is 5. The first-order valence-electron chi connectivity index (χ1n) is 11.6. The van der Waals surface area contributed by atoms with E-state index < -0.39 is 0 Å². The molecule has 5 rings (SSSR count). The zero-order valence-electron chi connectivity index (χ0n) is 19.6. The smallest absolute Gasteiger partial charge is 0.224 e. The van der Waals surface area contributed by atoms with Crippen molar-refractivity contribution in [2.75, 3.05) is 31.3 Å². The van der Waals surface area contributed by atoms with Gasteiger partial charge in [0.15, 0.2) is 0 Å². The minimum absolute atomic E-state index is 0.119. The molecule has 2 heterocycles. The number of ether oxygens (including phenoxy) is 1. The molecule has 1 unspecified atom stereocenters. The summed E-state index contributed by atoms with van der Waals surface area (Å²) in [5.74, 6) is 1.63. The number of carbonyl (C=O) groups excluding carboxylic acids is 1. The molecule has 1 fully saturated rings. The largest absolute Gasteiger partial charge is 0.497 e. The van der Waals surface area contributed by atoms with Gasteiger partial charge in [-0.2, -0.15) is 0 Å². The number of hydrogen-bond donors (Lipinski definition) is 1. The zero-order chi connectivity index (χ0) is 25.2. The van der Waals surface area contributed by atoms with Gasteiger partial charge < -0.3 is 15.0 Å². The van der Waals surface area contributed by atoms with E-state index in [1.54, 1.807) is 18.9 Å². The minimum Gasteiger partial charge on any atom is -0.497 e. The van der Waals surface area contributed by atoms with E-state index in [1.165, 1.54) is 0 Å². The third-order valence-corrected chi connectivity index (χ3v) is 8.40. The Morgan fingerprint density at radius 1 is 1.06 bits per heavy atom. The number of carbonyl (C=O) groups is 1. The van der Waals surface area contributed by atoms with Crippen molar-refractivity contribution in [1.29, 1.82) is 0 Å². The van der Waals surface area contributed by atoms with E-state index in [9.17, 15) is 4.79 Å². The number of halogens is 3. The monoisotopic (exact) mass is 559 g/mol. The van der Waals surface area contributed by atoms with Crippen molar-refractivity contribution in [3.8, 4) is 5.75 Å². The molecule has 3 aromatic carbocycles. The van der Waals surface area contributed by atoms with Gasteiger partial charge in [-0.3, -0.25) is 4.79 Å². The summed E-state index contributed by atoms with van der Waals surface area (Å²) in [6.07, 6.45) is 1.25. The van der Waals surface area contributed by atoms with E-state index in [-0.39, 0.29) is 11.3 Å². The number of pyridine rings is 1. The van der Waals surface area contributed by atoms with Crippen LogP contribution in [0.5, 0.6) is 5.75 Å². The second-order valence-corrected chi connectivity index (χ2v) is 10.9. The lowest BCUT2D eigenvalue weighted by Crippen LogP contribution is -2.38. The Morgan fingerprint density at radius 3 is 2.64 bits per heavy atom. The van der Waals surface area contributed by atoms with Gasteiger partial charge in [-0.25, -0.2) is 4.98 Å².